The Kier molecular flexibility index (Phi) is 5.50. The first kappa shape index (κ1) is 22.7. The van der Waals surface area contributed by atoms with Gasteiger partial charge in [0.1, 0.15) is 30.1 Å². The van der Waals surface area contributed by atoms with Gasteiger partial charge in [-0.1, -0.05) is 0 Å². The molecule has 2 unspecified atom stereocenters. The Hall–Kier alpha value is -1.52. The third-order valence-electron chi connectivity index (χ3n) is 6.23. The van der Waals surface area contributed by atoms with Gasteiger partial charge in [-0.3, -0.25) is 4.79 Å². The van der Waals surface area contributed by atoms with Gasteiger partial charge in [-0.05, 0) is 13.8 Å². The lowest BCUT2D eigenvalue weighted by Gasteiger charge is -2.44. The second-order valence-electron chi connectivity index (χ2n) is 8.58. The van der Waals surface area contributed by atoms with Crippen LogP contribution in [-0.4, -0.2) is 116 Å². The lowest BCUT2D eigenvalue weighted by molar-refractivity contribution is -0.905. The number of fused-ring (bicyclic) bond motifs is 1. The number of hydrogen-bond acceptors (Lipinski definition) is 11. The fourth-order valence-corrected chi connectivity index (χ4v) is 4.70. The molecule has 3 amide bonds. The van der Waals surface area contributed by atoms with Gasteiger partial charge in [-0.2, -0.15) is 4.48 Å². The van der Waals surface area contributed by atoms with Crippen LogP contribution >= 0.6 is 0 Å². The number of nitrogens with zero attached hydrogens (tertiary/aromatic N) is 1. The molecular weight excluding hydrogens is 420 g/mol. The largest absolute Gasteiger partial charge is 0.432 e. The third kappa shape index (κ3) is 3.16. The van der Waals surface area contributed by atoms with Crippen LogP contribution in [0.1, 0.15) is 13.8 Å². The second kappa shape index (κ2) is 7.52. The minimum absolute atomic E-state index is 0.638. The van der Waals surface area contributed by atoms with Crippen molar-refractivity contribution < 1.29 is 58.6 Å². The Morgan fingerprint density at radius 2 is 1.71 bits per heavy atom. The van der Waals surface area contributed by atoms with E-state index in [-0.39, 0.29) is 0 Å². The number of rotatable bonds is 5. The molecule has 0 aliphatic carbocycles. The number of nitrogens with one attached hydrogen (secondary N) is 1. The molecule has 0 radical (unpaired) electrons. The van der Waals surface area contributed by atoms with Crippen LogP contribution in [0.2, 0.25) is 0 Å². The van der Waals surface area contributed by atoms with E-state index in [0.29, 0.717) is 0 Å². The number of hydrogen-bond donors (Lipinski definition) is 6. The summed E-state index contributed by atoms with van der Waals surface area (Å²) in [5.74, 6) is -1.88. The molecule has 3 fully saturated rings. The van der Waals surface area contributed by atoms with Crippen LogP contribution in [0.15, 0.2) is 12.3 Å². The molecule has 0 aromatic heterocycles. The second-order valence-corrected chi connectivity index (χ2v) is 8.58. The van der Waals surface area contributed by atoms with E-state index in [1.807, 2.05) is 0 Å². The number of carbonyl (C=O) groups is 2. The number of quaternary nitrogens is 1. The van der Waals surface area contributed by atoms with Crippen molar-refractivity contribution in [1.82, 2.24) is 5.32 Å². The van der Waals surface area contributed by atoms with Crippen molar-refractivity contribution in [2.75, 3.05) is 19.8 Å². The average molecular weight is 447 g/mol. The maximum Gasteiger partial charge on any atom is 0.432 e. The number of ether oxygens (including phenoxy) is 4. The number of carbonyl (C=O) groups excluding carboxylic acids is 2. The molecule has 31 heavy (non-hydrogen) atoms. The quantitative estimate of drug-likeness (QED) is 0.231. The lowest BCUT2D eigenvalue weighted by Crippen LogP contribution is -2.71. The highest BCUT2D eigenvalue weighted by Gasteiger charge is 2.73. The summed E-state index contributed by atoms with van der Waals surface area (Å²) in [6.45, 7) is 1.21. The Bertz CT molecular complexity index is 784. The van der Waals surface area contributed by atoms with E-state index in [4.69, 9.17) is 18.9 Å². The third-order valence-corrected chi connectivity index (χ3v) is 6.23. The Morgan fingerprint density at radius 1 is 1.03 bits per heavy atom. The van der Waals surface area contributed by atoms with E-state index in [2.05, 4.69) is 5.32 Å². The molecule has 0 aromatic rings. The Morgan fingerprint density at radius 3 is 2.26 bits per heavy atom. The summed E-state index contributed by atoms with van der Waals surface area (Å²) in [6.07, 6.45) is -7.13. The van der Waals surface area contributed by atoms with Crippen LogP contribution < -0.4 is 5.32 Å². The van der Waals surface area contributed by atoms with Gasteiger partial charge < -0.3 is 44.5 Å². The molecule has 0 spiro atoms. The van der Waals surface area contributed by atoms with Gasteiger partial charge in [0.25, 0.3) is 5.91 Å². The first-order valence-electron chi connectivity index (χ1n) is 9.86. The van der Waals surface area contributed by atoms with E-state index < -0.39 is 90.6 Å². The highest BCUT2D eigenvalue weighted by atomic mass is 16.8. The SMILES string of the molecule is CC1(C)O[C@H]2C([N+]3([C@@H]4O[C@H](CO)[C@@H](O)[C@H]4O)C=CC(=O)NC3=O)OC(CO)(CO)[C@H]2O1. The zero-order valence-electron chi connectivity index (χ0n) is 17.0. The van der Waals surface area contributed by atoms with Crippen molar-refractivity contribution in [2.24, 2.45) is 0 Å². The summed E-state index contributed by atoms with van der Waals surface area (Å²) in [6, 6.07) is -0.953. The molecule has 0 saturated carbocycles. The number of amides is 3. The number of aliphatic hydroxyl groups is 5. The summed E-state index contributed by atoms with van der Waals surface area (Å²) in [4.78, 5) is 25.1. The Balaban J connectivity index is 1.84. The molecule has 174 valence electrons. The zero-order valence-corrected chi connectivity index (χ0v) is 17.0. The monoisotopic (exact) mass is 447 g/mol. The van der Waals surface area contributed by atoms with E-state index in [0.717, 1.165) is 12.3 Å². The predicted molar refractivity (Wildman–Crippen MR) is 96.3 cm³/mol. The summed E-state index contributed by atoms with van der Waals surface area (Å²) in [5, 5.41) is 52.6. The molecule has 8 atom stereocenters. The highest BCUT2D eigenvalue weighted by molar-refractivity contribution is 6.00. The molecule has 4 heterocycles. The van der Waals surface area contributed by atoms with Crippen molar-refractivity contribution >= 4 is 11.9 Å². The van der Waals surface area contributed by atoms with Crippen molar-refractivity contribution in [3.63, 3.8) is 0 Å². The predicted octanol–water partition coefficient (Wildman–Crippen LogP) is -3.39. The molecule has 4 aliphatic rings. The van der Waals surface area contributed by atoms with Gasteiger partial charge >= 0.3 is 6.03 Å². The number of imide groups is 1. The minimum atomic E-state index is -1.66. The van der Waals surface area contributed by atoms with Gasteiger partial charge in [-0.25, -0.2) is 10.1 Å². The van der Waals surface area contributed by atoms with Gasteiger partial charge in [0.2, 0.25) is 12.5 Å². The van der Waals surface area contributed by atoms with Crippen LogP contribution in [0.25, 0.3) is 0 Å². The smallest absolute Gasteiger partial charge is 0.394 e. The molecule has 6 N–H and O–H groups in total. The average Bonchev–Trinajstić information content (AvgIpc) is 3.31. The van der Waals surface area contributed by atoms with Crippen molar-refractivity contribution in [3.05, 3.63) is 12.3 Å². The molecule has 3 saturated heterocycles. The number of urea groups is 1. The van der Waals surface area contributed by atoms with E-state index in [1.165, 1.54) is 0 Å². The first-order chi connectivity index (χ1) is 14.5. The van der Waals surface area contributed by atoms with Crippen molar-refractivity contribution in [3.8, 4) is 0 Å². The van der Waals surface area contributed by atoms with E-state index in [9.17, 15) is 35.1 Å². The van der Waals surface area contributed by atoms with Crippen LogP contribution in [0, 0.1) is 0 Å². The van der Waals surface area contributed by atoms with Crippen molar-refractivity contribution in [1.29, 1.82) is 0 Å². The van der Waals surface area contributed by atoms with Crippen LogP contribution in [-0.2, 0) is 23.7 Å². The lowest BCUT2D eigenvalue weighted by atomic mass is 9.96. The summed E-state index contributed by atoms with van der Waals surface area (Å²) in [7, 11) is 0. The van der Waals surface area contributed by atoms with Gasteiger partial charge in [-0.15, -0.1) is 0 Å². The summed E-state index contributed by atoms with van der Waals surface area (Å²) < 4.78 is 22.4. The highest BCUT2D eigenvalue weighted by Crippen LogP contribution is 2.49. The van der Waals surface area contributed by atoms with E-state index >= 15 is 0 Å². The van der Waals surface area contributed by atoms with Crippen LogP contribution in [0.5, 0.6) is 0 Å². The standard InChI is InChI=1S/C18H26N2O11/c1-17(2)29-12-13(30-17)18(6-22,7-23)31-15(12)20(4-3-9(24)19-16(20)27)14-11(26)10(25)8(5-21)28-14/h3-4,8,10-15,21-23,25-26H,5-7H2,1-2H3/p+1/t8-,10-,11-,12-,13+,14-,15?,20?/m1/s1. The first-order valence-corrected chi connectivity index (χ1v) is 9.86. The van der Waals surface area contributed by atoms with Gasteiger partial charge in [0.15, 0.2) is 18.0 Å². The number of aliphatic hydroxyl groups excluding tert-OH is 5. The maximum atomic E-state index is 13.2. The molecule has 4 aliphatic heterocycles. The topological polar surface area (TPSA) is 184 Å². The maximum absolute atomic E-state index is 13.2. The van der Waals surface area contributed by atoms with E-state index in [1.54, 1.807) is 13.8 Å². The van der Waals surface area contributed by atoms with Crippen LogP contribution in [0.4, 0.5) is 4.79 Å². The van der Waals surface area contributed by atoms with Gasteiger partial charge in [0, 0.05) is 0 Å². The molecule has 4 rings (SSSR count). The minimum Gasteiger partial charge on any atom is -0.394 e. The normalized spacial score (nSPS) is 45.7. The zero-order chi connectivity index (χ0) is 22.8. The summed E-state index contributed by atoms with van der Waals surface area (Å²) in [5.41, 5.74) is -1.66. The molecule has 0 bridgehead atoms. The Labute approximate surface area is 176 Å². The van der Waals surface area contributed by atoms with Crippen molar-refractivity contribution in [2.45, 2.75) is 68.2 Å². The molecule has 13 heteroatoms. The molecule has 13 nitrogen and oxygen atoms in total. The fraction of sp³-hybridized carbons (Fsp3) is 0.778. The molecule has 0 aromatic carbocycles. The molecular formula is C18H27N2O11+. The van der Waals surface area contributed by atoms with Crippen LogP contribution in [0.3, 0.4) is 0 Å². The summed E-state index contributed by atoms with van der Waals surface area (Å²) >= 11 is 0. The fourth-order valence-electron chi connectivity index (χ4n) is 4.70. The van der Waals surface area contributed by atoms with Gasteiger partial charge in [0.05, 0.1) is 25.9 Å².